The third-order valence-corrected chi connectivity index (χ3v) is 19.4. The zero-order valence-electron chi connectivity index (χ0n) is 63.9. The highest BCUT2D eigenvalue weighted by atomic mass is 31.2. The van der Waals surface area contributed by atoms with Crippen molar-refractivity contribution in [1.82, 2.24) is 0 Å². The Bertz CT molecular complexity index is 2130. The number of rotatable bonds is 77. The van der Waals surface area contributed by atoms with Gasteiger partial charge in [-0.15, -0.1) is 0 Å². The maximum absolute atomic E-state index is 13.1. The SMILES string of the molecule is CCCCC/C=C\C/C=C\C/C=C\CCCCCCCCC(=O)OCC(COP(=O)(O)OCC(O)COP(=O)(O)OCC(COC(=O)CCCCCCC/C=C\CCCCCC)OC(=O)CCCCCCC/C=C\CCCCCC)OC(=O)CCCCCCCCCCCCCCCCC. The number of hydrogen-bond donors (Lipinski definition) is 3. The first-order chi connectivity index (χ1) is 48.7. The molecule has 0 bridgehead atoms. The normalized spacial score (nSPS) is 14.2. The van der Waals surface area contributed by atoms with Gasteiger partial charge in [0.05, 0.1) is 26.4 Å². The minimum Gasteiger partial charge on any atom is -0.462 e. The number of allylic oxidation sites excluding steroid dienone is 10. The Labute approximate surface area is 610 Å². The van der Waals surface area contributed by atoms with Crippen LogP contribution in [0.15, 0.2) is 60.8 Å². The zero-order chi connectivity index (χ0) is 73.2. The van der Waals surface area contributed by atoms with Crippen molar-refractivity contribution >= 4 is 39.5 Å². The van der Waals surface area contributed by atoms with Crippen LogP contribution in [0.2, 0.25) is 0 Å². The van der Waals surface area contributed by atoms with Gasteiger partial charge in [0.15, 0.2) is 12.2 Å². The maximum Gasteiger partial charge on any atom is 0.472 e. The number of phosphoric ester groups is 2. The molecule has 0 aliphatic rings. The van der Waals surface area contributed by atoms with Gasteiger partial charge < -0.3 is 33.8 Å². The molecule has 5 unspecified atom stereocenters. The van der Waals surface area contributed by atoms with Crippen molar-refractivity contribution in [3.63, 3.8) is 0 Å². The number of carbonyl (C=O) groups excluding carboxylic acids is 4. The molecule has 3 N–H and O–H groups in total. The van der Waals surface area contributed by atoms with Crippen LogP contribution in [0.1, 0.15) is 374 Å². The van der Waals surface area contributed by atoms with Crippen LogP contribution in [0.3, 0.4) is 0 Å². The van der Waals surface area contributed by atoms with Crippen molar-refractivity contribution in [1.29, 1.82) is 0 Å². The molecule has 0 fully saturated rings. The van der Waals surface area contributed by atoms with Gasteiger partial charge in [-0.3, -0.25) is 37.3 Å². The standard InChI is InChI=1S/C81H148O17P2/c1-5-9-13-17-21-25-29-33-35-36-37-38-40-43-46-50-54-58-62-66-79(84)92-72-77(98-81(86)68-64-60-56-52-48-44-39-34-30-26-22-18-14-10-6-2)74-96-100(89,90)94-70-75(82)69-93-99(87,88)95-73-76(97-80(85)67-63-59-55-51-47-42-32-28-24-20-16-12-8-4)71-91-78(83)65-61-57-53-49-45-41-31-27-23-19-15-11-7-3/h21,25,27-28,31-33,35,37-38,75-77,82H,5-20,22-24,26,29-30,34,36,39-74H2,1-4H3,(H,87,88)(H,89,90)/b25-21-,31-27-,32-28-,35-33-,38-37-. The van der Waals surface area contributed by atoms with Gasteiger partial charge in [-0.05, 0) is 116 Å². The van der Waals surface area contributed by atoms with Gasteiger partial charge in [0.2, 0.25) is 0 Å². The topological polar surface area (TPSA) is 237 Å². The van der Waals surface area contributed by atoms with Crippen molar-refractivity contribution < 1.29 is 80.2 Å². The van der Waals surface area contributed by atoms with E-state index < -0.39 is 97.5 Å². The number of aliphatic hydroxyl groups is 1. The average molecular weight is 1460 g/mol. The number of aliphatic hydroxyl groups excluding tert-OH is 1. The molecule has 0 aliphatic heterocycles. The second kappa shape index (κ2) is 74.0. The summed E-state index contributed by atoms with van der Waals surface area (Å²) in [6, 6.07) is 0. The van der Waals surface area contributed by atoms with Gasteiger partial charge in [0, 0.05) is 25.7 Å². The number of esters is 4. The van der Waals surface area contributed by atoms with E-state index in [2.05, 4.69) is 88.5 Å². The summed E-state index contributed by atoms with van der Waals surface area (Å²) < 4.78 is 68.6. The maximum atomic E-state index is 13.1. The lowest BCUT2D eigenvalue weighted by Gasteiger charge is -2.21. The van der Waals surface area contributed by atoms with Gasteiger partial charge in [0.1, 0.15) is 19.3 Å². The minimum absolute atomic E-state index is 0.0875. The van der Waals surface area contributed by atoms with E-state index in [0.29, 0.717) is 25.7 Å². The zero-order valence-corrected chi connectivity index (χ0v) is 65.7. The van der Waals surface area contributed by atoms with Crippen LogP contribution in [0.25, 0.3) is 0 Å². The van der Waals surface area contributed by atoms with E-state index in [0.717, 1.165) is 161 Å². The predicted octanol–water partition coefficient (Wildman–Crippen LogP) is 23.5. The summed E-state index contributed by atoms with van der Waals surface area (Å²) in [5, 5.41) is 10.6. The molecule has 0 aromatic heterocycles. The Morgan fingerprint density at radius 3 is 0.790 bits per heavy atom. The molecule has 584 valence electrons. The van der Waals surface area contributed by atoms with Crippen LogP contribution < -0.4 is 0 Å². The minimum atomic E-state index is -4.97. The van der Waals surface area contributed by atoms with Crippen LogP contribution in [-0.2, 0) is 65.4 Å². The molecule has 100 heavy (non-hydrogen) atoms. The largest absolute Gasteiger partial charge is 0.472 e. The quantitative estimate of drug-likeness (QED) is 0.0169. The Morgan fingerprint density at radius 2 is 0.490 bits per heavy atom. The van der Waals surface area contributed by atoms with Gasteiger partial charge in [-0.1, -0.05) is 294 Å². The number of ether oxygens (including phenoxy) is 4. The van der Waals surface area contributed by atoms with E-state index in [4.69, 9.17) is 37.0 Å². The van der Waals surface area contributed by atoms with E-state index in [1.54, 1.807) is 0 Å². The number of unbranched alkanes of at least 4 members (excludes halogenated alkanes) is 41. The van der Waals surface area contributed by atoms with Gasteiger partial charge in [0.25, 0.3) is 0 Å². The van der Waals surface area contributed by atoms with Gasteiger partial charge >= 0.3 is 39.5 Å². The molecule has 0 heterocycles. The first-order valence-electron chi connectivity index (χ1n) is 40.5. The lowest BCUT2D eigenvalue weighted by atomic mass is 10.0. The summed E-state index contributed by atoms with van der Waals surface area (Å²) in [5.74, 6) is -2.17. The van der Waals surface area contributed by atoms with Crippen molar-refractivity contribution in [2.75, 3.05) is 39.6 Å². The third-order valence-electron chi connectivity index (χ3n) is 17.5. The molecule has 0 rings (SSSR count). The molecule has 0 amide bonds. The molecule has 0 aliphatic carbocycles. The van der Waals surface area contributed by atoms with E-state index in [-0.39, 0.29) is 25.7 Å². The first-order valence-corrected chi connectivity index (χ1v) is 43.5. The fourth-order valence-corrected chi connectivity index (χ4v) is 12.8. The lowest BCUT2D eigenvalue weighted by Crippen LogP contribution is -2.30. The Balaban J connectivity index is 5.32. The highest BCUT2D eigenvalue weighted by Gasteiger charge is 2.30. The molecular formula is C81H148O17P2. The molecule has 0 spiro atoms. The fraction of sp³-hybridized carbons (Fsp3) is 0.827. The first kappa shape index (κ1) is 96.8. The van der Waals surface area contributed by atoms with Gasteiger partial charge in [-0.25, -0.2) is 9.13 Å². The Hall–Kier alpha value is -3.24. The van der Waals surface area contributed by atoms with Crippen LogP contribution in [0.4, 0.5) is 0 Å². The Morgan fingerprint density at radius 1 is 0.280 bits per heavy atom. The van der Waals surface area contributed by atoms with Crippen molar-refractivity contribution in [3.05, 3.63) is 60.8 Å². The summed E-state index contributed by atoms with van der Waals surface area (Å²) in [6.45, 7) is 4.86. The molecule has 5 atom stereocenters. The number of carbonyl (C=O) groups is 4. The summed E-state index contributed by atoms with van der Waals surface area (Å²) in [4.78, 5) is 73.0. The molecule has 19 heteroatoms. The molecule has 0 aromatic rings. The highest BCUT2D eigenvalue weighted by Crippen LogP contribution is 2.45. The summed E-state index contributed by atoms with van der Waals surface area (Å²) in [6.07, 6.45) is 73.3. The Kier molecular flexibility index (Phi) is 71.6. The van der Waals surface area contributed by atoms with Crippen molar-refractivity contribution in [3.8, 4) is 0 Å². The summed E-state index contributed by atoms with van der Waals surface area (Å²) in [7, 11) is -9.94. The molecular weight excluding hydrogens is 1310 g/mol. The monoisotopic (exact) mass is 1460 g/mol. The highest BCUT2D eigenvalue weighted by molar-refractivity contribution is 7.47. The van der Waals surface area contributed by atoms with Crippen LogP contribution >= 0.6 is 15.6 Å². The van der Waals surface area contributed by atoms with Gasteiger partial charge in [-0.2, -0.15) is 0 Å². The van der Waals surface area contributed by atoms with E-state index in [9.17, 15) is 43.2 Å². The molecule has 17 nitrogen and oxygen atoms in total. The fourth-order valence-electron chi connectivity index (χ4n) is 11.2. The molecule has 0 saturated heterocycles. The van der Waals surface area contributed by atoms with Crippen molar-refractivity contribution in [2.24, 2.45) is 0 Å². The number of phosphoric acid groups is 2. The second-order valence-electron chi connectivity index (χ2n) is 27.4. The summed E-state index contributed by atoms with van der Waals surface area (Å²) >= 11 is 0. The van der Waals surface area contributed by atoms with E-state index >= 15 is 0 Å². The van der Waals surface area contributed by atoms with Crippen LogP contribution in [0.5, 0.6) is 0 Å². The summed E-state index contributed by atoms with van der Waals surface area (Å²) in [5.41, 5.74) is 0. The molecule has 0 radical (unpaired) electrons. The van der Waals surface area contributed by atoms with Crippen LogP contribution in [0, 0.1) is 0 Å². The molecule has 0 aromatic carbocycles. The van der Waals surface area contributed by atoms with E-state index in [1.165, 1.54) is 135 Å². The van der Waals surface area contributed by atoms with E-state index in [1.807, 2.05) is 0 Å². The third kappa shape index (κ3) is 73.1. The smallest absolute Gasteiger partial charge is 0.462 e. The average Bonchev–Trinajstić information content (AvgIpc) is 0.946. The predicted molar refractivity (Wildman–Crippen MR) is 409 cm³/mol. The van der Waals surface area contributed by atoms with Crippen LogP contribution in [-0.4, -0.2) is 96.7 Å². The second-order valence-corrected chi connectivity index (χ2v) is 30.3. The lowest BCUT2D eigenvalue weighted by molar-refractivity contribution is -0.161. The number of hydrogen-bond acceptors (Lipinski definition) is 15. The molecule has 0 saturated carbocycles. The van der Waals surface area contributed by atoms with Crippen molar-refractivity contribution in [2.45, 2.75) is 393 Å².